The zero-order valence-electron chi connectivity index (χ0n) is 14.6. The number of halogens is 1. The van der Waals surface area contributed by atoms with Crippen LogP contribution in [0.5, 0.6) is 0 Å². The Balaban J connectivity index is 1.84. The summed E-state index contributed by atoms with van der Waals surface area (Å²) in [5, 5.41) is 0.274. The molecule has 1 aromatic heterocycles. The van der Waals surface area contributed by atoms with Crippen LogP contribution in [0.15, 0.2) is 48.5 Å². The first kappa shape index (κ1) is 18.8. The van der Waals surface area contributed by atoms with Gasteiger partial charge in [-0.15, -0.1) is 0 Å². The van der Waals surface area contributed by atoms with Crippen molar-refractivity contribution in [2.75, 3.05) is 6.61 Å². The number of ether oxygens (including phenoxy) is 1. The molecule has 0 N–H and O–H groups in total. The molecule has 26 heavy (non-hydrogen) atoms. The molecule has 1 atom stereocenters. The van der Waals surface area contributed by atoms with Crippen molar-refractivity contribution in [2.45, 2.75) is 31.6 Å². The third kappa shape index (κ3) is 4.40. The molecule has 1 heterocycles. The smallest absolute Gasteiger partial charge is 0.318 e. The Morgan fingerprint density at radius 3 is 2.69 bits per heavy atom. The SMILES string of the molecule is CCOC(=O)C(S)CCc1nc2ccccc2n1Cc1ccc(Cl)cc1. The standard InChI is InChI=1S/C20H21ClN2O2S/c1-2-25-20(24)18(26)11-12-19-22-16-5-3-4-6-17(16)23(19)13-14-7-9-15(21)10-8-14/h3-10,18,26H,2,11-13H2,1H3. The summed E-state index contributed by atoms with van der Waals surface area (Å²) >= 11 is 10.4. The summed E-state index contributed by atoms with van der Waals surface area (Å²) in [7, 11) is 0. The number of carbonyl (C=O) groups excluding carboxylic acids is 1. The zero-order chi connectivity index (χ0) is 18.5. The summed E-state index contributed by atoms with van der Waals surface area (Å²) in [6.07, 6.45) is 1.22. The van der Waals surface area contributed by atoms with E-state index in [1.54, 1.807) is 6.92 Å². The quantitative estimate of drug-likeness (QED) is 0.477. The van der Waals surface area contributed by atoms with Crippen LogP contribution in [0.1, 0.15) is 24.7 Å². The summed E-state index contributed by atoms with van der Waals surface area (Å²) in [5.74, 6) is 0.653. The van der Waals surface area contributed by atoms with Crippen LogP contribution in [0, 0.1) is 0 Å². The summed E-state index contributed by atoms with van der Waals surface area (Å²) < 4.78 is 7.22. The molecule has 0 amide bonds. The number of aryl methyl sites for hydroxylation is 1. The molecule has 0 bridgehead atoms. The molecule has 0 aliphatic carbocycles. The van der Waals surface area contributed by atoms with Gasteiger partial charge in [-0.3, -0.25) is 4.79 Å². The third-order valence-corrected chi connectivity index (χ3v) is 4.91. The van der Waals surface area contributed by atoms with Crippen molar-refractivity contribution in [3.05, 3.63) is 64.9 Å². The number of esters is 1. The van der Waals surface area contributed by atoms with E-state index in [0.29, 0.717) is 26.0 Å². The molecule has 0 radical (unpaired) electrons. The van der Waals surface area contributed by atoms with Crippen LogP contribution < -0.4 is 0 Å². The van der Waals surface area contributed by atoms with Gasteiger partial charge < -0.3 is 9.30 Å². The second-order valence-electron chi connectivity index (χ2n) is 6.04. The first-order valence-electron chi connectivity index (χ1n) is 8.61. The summed E-state index contributed by atoms with van der Waals surface area (Å²) in [4.78, 5) is 16.6. The maximum Gasteiger partial charge on any atom is 0.318 e. The van der Waals surface area contributed by atoms with E-state index in [9.17, 15) is 4.79 Å². The van der Waals surface area contributed by atoms with E-state index >= 15 is 0 Å². The van der Waals surface area contributed by atoms with Gasteiger partial charge in [0.2, 0.25) is 0 Å². The Hall–Kier alpha value is -1.98. The highest BCUT2D eigenvalue weighted by Gasteiger charge is 2.18. The fourth-order valence-corrected chi connectivity index (χ4v) is 3.22. The molecule has 4 nitrogen and oxygen atoms in total. The molecule has 0 aliphatic heterocycles. The molecular weight excluding hydrogens is 368 g/mol. The Kier molecular flexibility index (Phi) is 6.22. The monoisotopic (exact) mass is 388 g/mol. The van der Waals surface area contributed by atoms with E-state index < -0.39 is 5.25 Å². The lowest BCUT2D eigenvalue weighted by atomic mass is 10.2. The number of fused-ring (bicyclic) bond motifs is 1. The number of imidazole rings is 1. The van der Waals surface area contributed by atoms with Crippen molar-refractivity contribution in [3.63, 3.8) is 0 Å². The normalized spacial score (nSPS) is 12.3. The van der Waals surface area contributed by atoms with E-state index in [-0.39, 0.29) is 5.97 Å². The van der Waals surface area contributed by atoms with Gasteiger partial charge in [0, 0.05) is 18.0 Å². The second kappa shape index (κ2) is 8.60. The molecule has 3 rings (SSSR count). The van der Waals surface area contributed by atoms with Gasteiger partial charge in [-0.2, -0.15) is 12.6 Å². The lowest BCUT2D eigenvalue weighted by molar-refractivity contribution is -0.142. The largest absolute Gasteiger partial charge is 0.465 e. The van der Waals surface area contributed by atoms with Gasteiger partial charge in [-0.25, -0.2) is 4.98 Å². The molecule has 2 aromatic carbocycles. The van der Waals surface area contributed by atoms with Crippen LogP contribution in [-0.2, 0) is 22.5 Å². The molecule has 0 saturated heterocycles. The van der Waals surface area contributed by atoms with Crippen molar-refractivity contribution in [1.29, 1.82) is 0 Å². The third-order valence-electron chi connectivity index (χ3n) is 4.19. The number of nitrogens with zero attached hydrogens (tertiary/aromatic N) is 2. The summed E-state index contributed by atoms with van der Waals surface area (Å²) in [6.45, 7) is 2.86. The number of hydrogen-bond donors (Lipinski definition) is 1. The average Bonchev–Trinajstić information content (AvgIpc) is 2.99. The predicted molar refractivity (Wildman–Crippen MR) is 108 cm³/mol. The lowest BCUT2D eigenvalue weighted by Gasteiger charge is -2.12. The van der Waals surface area contributed by atoms with E-state index in [1.807, 2.05) is 42.5 Å². The van der Waals surface area contributed by atoms with Crippen LogP contribution in [0.25, 0.3) is 11.0 Å². The fraction of sp³-hybridized carbons (Fsp3) is 0.300. The maximum absolute atomic E-state index is 11.8. The number of carbonyl (C=O) groups is 1. The number of rotatable bonds is 7. The fourth-order valence-electron chi connectivity index (χ4n) is 2.89. The van der Waals surface area contributed by atoms with Gasteiger partial charge >= 0.3 is 5.97 Å². The minimum Gasteiger partial charge on any atom is -0.465 e. The number of hydrogen-bond acceptors (Lipinski definition) is 4. The molecule has 3 aromatic rings. The number of benzene rings is 2. The van der Waals surface area contributed by atoms with E-state index in [1.165, 1.54) is 0 Å². The van der Waals surface area contributed by atoms with Crippen molar-refractivity contribution in [2.24, 2.45) is 0 Å². The molecule has 0 spiro atoms. The molecule has 136 valence electrons. The van der Waals surface area contributed by atoms with Gasteiger partial charge in [0.05, 0.1) is 22.9 Å². The number of thiol groups is 1. The molecule has 0 fully saturated rings. The number of para-hydroxylation sites is 2. The van der Waals surface area contributed by atoms with Crippen LogP contribution >= 0.6 is 24.2 Å². The minimum absolute atomic E-state index is 0.281. The average molecular weight is 389 g/mol. The van der Waals surface area contributed by atoms with Crippen LogP contribution in [0.4, 0.5) is 0 Å². The van der Waals surface area contributed by atoms with Gasteiger partial charge in [0.1, 0.15) is 5.82 Å². The van der Waals surface area contributed by atoms with Crippen LogP contribution in [0.2, 0.25) is 5.02 Å². The van der Waals surface area contributed by atoms with Gasteiger partial charge in [-0.05, 0) is 43.2 Å². The van der Waals surface area contributed by atoms with Crippen LogP contribution in [-0.4, -0.2) is 27.4 Å². The molecular formula is C20H21ClN2O2S. The van der Waals surface area contributed by atoms with Gasteiger partial charge in [0.15, 0.2) is 0 Å². The second-order valence-corrected chi connectivity index (χ2v) is 7.10. The molecule has 1 unspecified atom stereocenters. The highest BCUT2D eigenvalue weighted by atomic mass is 35.5. The number of aromatic nitrogens is 2. The Morgan fingerprint density at radius 2 is 1.96 bits per heavy atom. The van der Waals surface area contributed by atoms with Crippen molar-refractivity contribution in [3.8, 4) is 0 Å². The topological polar surface area (TPSA) is 44.1 Å². The summed E-state index contributed by atoms with van der Waals surface area (Å²) in [6, 6.07) is 15.9. The minimum atomic E-state index is -0.446. The van der Waals surface area contributed by atoms with Crippen molar-refractivity contribution < 1.29 is 9.53 Å². The predicted octanol–water partition coefficient (Wildman–Crippen LogP) is 4.53. The van der Waals surface area contributed by atoms with E-state index in [0.717, 1.165) is 27.4 Å². The zero-order valence-corrected chi connectivity index (χ0v) is 16.2. The van der Waals surface area contributed by atoms with Crippen molar-refractivity contribution in [1.82, 2.24) is 9.55 Å². The highest BCUT2D eigenvalue weighted by molar-refractivity contribution is 7.81. The molecule has 6 heteroatoms. The van der Waals surface area contributed by atoms with Crippen molar-refractivity contribution >= 4 is 41.2 Å². The Labute approximate surface area is 163 Å². The Bertz CT molecular complexity index is 892. The van der Waals surface area contributed by atoms with E-state index in [2.05, 4.69) is 23.3 Å². The van der Waals surface area contributed by atoms with Crippen LogP contribution in [0.3, 0.4) is 0 Å². The maximum atomic E-state index is 11.8. The van der Waals surface area contributed by atoms with Gasteiger partial charge in [0.25, 0.3) is 0 Å². The summed E-state index contributed by atoms with van der Waals surface area (Å²) in [5.41, 5.74) is 3.17. The molecule has 0 saturated carbocycles. The lowest BCUT2D eigenvalue weighted by Crippen LogP contribution is -2.19. The first-order valence-corrected chi connectivity index (χ1v) is 9.51. The Morgan fingerprint density at radius 1 is 1.23 bits per heavy atom. The highest BCUT2D eigenvalue weighted by Crippen LogP contribution is 2.21. The molecule has 0 aliphatic rings. The van der Waals surface area contributed by atoms with E-state index in [4.69, 9.17) is 21.3 Å². The first-order chi connectivity index (χ1) is 12.6. The van der Waals surface area contributed by atoms with Gasteiger partial charge in [-0.1, -0.05) is 35.9 Å².